The first-order valence-electron chi connectivity index (χ1n) is 19.8. The number of unbranched alkanes of at least 4 members (excludes halogenated alkanes) is 17. The molecule has 4 N–H and O–H groups in total. The molecule has 0 aromatic heterocycles. The molecule has 0 bridgehead atoms. The van der Waals surface area contributed by atoms with Crippen molar-refractivity contribution in [3.05, 3.63) is 36.5 Å². The summed E-state index contributed by atoms with van der Waals surface area (Å²) < 4.78 is 5.90. The van der Waals surface area contributed by atoms with Crippen molar-refractivity contribution in [2.24, 2.45) is 5.73 Å². The Balaban J connectivity index is 4.33. The SMILES string of the molecule is CCCCC/C=C\C/C=C\CCCCCCCC(=O)OC(/C=C\CCCCCCCC)CCCCCCC(=O)NC(CCCN)C(=O)O. The van der Waals surface area contributed by atoms with Gasteiger partial charge in [-0.1, -0.05) is 121 Å². The molecular weight excluding hydrogens is 600 g/mol. The van der Waals surface area contributed by atoms with Crippen LogP contribution in [0.3, 0.4) is 0 Å². The molecular formula is C41H74N2O5. The Morgan fingerprint density at radius 1 is 0.625 bits per heavy atom. The highest BCUT2D eigenvalue weighted by Gasteiger charge is 2.19. The van der Waals surface area contributed by atoms with Gasteiger partial charge in [0, 0.05) is 12.8 Å². The fourth-order valence-electron chi connectivity index (χ4n) is 5.62. The van der Waals surface area contributed by atoms with E-state index in [-0.39, 0.29) is 18.0 Å². The van der Waals surface area contributed by atoms with Gasteiger partial charge in [0.2, 0.25) is 5.91 Å². The lowest BCUT2D eigenvalue weighted by Crippen LogP contribution is -2.40. The maximum atomic E-state index is 12.7. The van der Waals surface area contributed by atoms with Gasteiger partial charge in [-0.25, -0.2) is 4.79 Å². The minimum atomic E-state index is -1.02. The summed E-state index contributed by atoms with van der Waals surface area (Å²) in [6.45, 7) is 4.88. The molecule has 2 unspecified atom stereocenters. The largest absolute Gasteiger partial charge is 0.480 e. The van der Waals surface area contributed by atoms with Crippen LogP contribution in [0.2, 0.25) is 0 Å². The summed E-state index contributed by atoms with van der Waals surface area (Å²) >= 11 is 0. The van der Waals surface area contributed by atoms with Crippen LogP contribution in [0.25, 0.3) is 0 Å². The van der Waals surface area contributed by atoms with E-state index in [1.807, 2.05) is 0 Å². The summed E-state index contributed by atoms with van der Waals surface area (Å²) in [5.74, 6) is -1.34. The Kier molecular flexibility index (Phi) is 34.1. The molecule has 7 heteroatoms. The molecule has 0 saturated carbocycles. The third-order valence-electron chi connectivity index (χ3n) is 8.66. The molecule has 0 aromatic carbocycles. The standard InChI is InChI=1S/C41H74N2O5/c1-3-5-7-9-11-13-14-15-16-17-18-19-21-23-29-35-40(45)48-37(31-26-22-20-12-10-8-6-4-2)32-27-24-25-28-34-39(44)43-38(41(46)47)33-30-36-42/h11,13,15-16,26,31,37-38H,3-10,12,14,17-25,27-30,32-36,42H2,1-2H3,(H,43,44)(H,46,47)/b13-11-,16-15-,31-26-. The summed E-state index contributed by atoms with van der Waals surface area (Å²) in [5, 5.41) is 11.9. The van der Waals surface area contributed by atoms with Gasteiger partial charge in [-0.2, -0.15) is 0 Å². The van der Waals surface area contributed by atoms with Crippen molar-refractivity contribution in [2.75, 3.05) is 6.54 Å². The van der Waals surface area contributed by atoms with E-state index in [1.165, 1.54) is 77.0 Å². The number of ether oxygens (including phenoxy) is 1. The third kappa shape index (κ3) is 32.2. The van der Waals surface area contributed by atoms with E-state index in [9.17, 15) is 19.5 Å². The van der Waals surface area contributed by atoms with Crippen molar-refractivity contribution in [1.82, 2.24) is 5.32 Å². The Morgan fingerprint density at radius 2 is 1.15 bits per heavy atom. The number of hydrogen-bond donors (Lipinski definition) is 3. The van der Waals surface area contributed by atoms with Crippen LogP contribution in [-0.4, -0.2) is 41.6 Å². The molecule has 278 valence electrons. The van der Waals surface area contributed by atoms with Gasteiger partial charge in [-0.15, -0.1) is 0 Å². The molecule has 0 aromatic rings. The summed E-state index contributed by atoms with van der Waals surface area (Å²) in [5.41, 5.74) is 5.47. The number of esters is 1. The van der Waals surface area contributed by atoms with Crippen LogP contribution in [0.15, 0.2) is 36.5 Å². The third-order valence-corrected chi connectivity index (χ3v) is 8.66. The van der Waals surface area contributed by atoms with Crippen LogP contribution in [-0.2, 0) is 19.1 Å². The van der Waals surface area contributed by atoms with Crippen LogP contribution < -0.4 is 11.1 Å². The predicted molar refractivity (Wildman–Crippen MR) is 202 cm³/mol. The van der Waals surface area contributed by atoms with Gasteiger partial charge >= 0.3 is 11.9 Å². The maximum absolute atomic E-state index is 12.7. The Morgan fingerprint density at radius 3 is 1.77 bits per heavy atom. The molecule has 48 heavy (non-hydrogen) atoms. The first-order chi connectivity index (χ1) is 23.4. The monoisotopic (exact) mass is 675 g/mol. The van der Waals surface area contributed by atoms with Crippen molar-refractivity contribution < 1.29 is 24.2 Å². The number of nitrogens with one attached hydrogen (secondary N) is 1. The molecule has 0 aliphatic heterocycles. The van der Waals surface area contributed by atoms with Gasteiger partial charge < -0.3 is 20.9 Å². The first-order valence-corrected chi connectivity index (χ1v) is 19.8. The van der Waals surface area contributed by atoms with Crippen LogP contribution >= 0.6 is 0 Å². The van der Waals surface area contributed by atoms with E-state index in [2.05, 4.69) is 55.6 Å². The van der Waals surface area contributed by atoms with Gasteiger partial charge in [0.05, 0.1) is 0 Å². The number of carbonyl (C=O) groups excluding carboxylic acids is 2. The summed E-state index contributed by atoms with van der Waals surface area (Å²) in [6.07, 6.45) is 40.5. The van der Waals surface area contributed by atoms with Gasteiger partial charge in [0.15, 0.2) is 0 Å². The van der Waals surface area contributed by atoms with E-state index in [4.69, 9.17) is 10.5 Å². The predicted octanol–water partition coefficient (Wildman–Crippen LogP) is 10.7. The van der Waals surface area contributed by atoms with Gasteiger partial charge in [0.25, 0.3) is 0 Å². The van der Waals surface area contributed by atoms with E-state index in [0.717, 1.165) is 64.2 Å². The molecule has 0 rings (SSSR count). The zero-order valence-corrected chi connectivity index (χ0v) is 31.1. The number of amides is 1. The van der Waals surface area contributed by atoms with E-state index >= 15 is 0 Å². The van der Waals surface area contributed by atoms with Crippen molar-refractivity contribution in [2.45, 2.75) is 199 Å². The summed E-state index contributed by atoms with van der Waals surface area (Å²) in [7, 11) is 0. The van der Waals surface area contributed by atoms with Crippen molar-refractivity contribution in [1.29, 1.82) is 0 Å². The van der Waals surface area contributed by atoms with Crippen LogP contribution in [0, 0.1) is 0 Å². The normalized spacial score (nSPS) is 13.1. The quantitative estimate of drug-likeness (QED) is 0.0350. The van der Waals surface area contributed by atoms with E-state index in [1.54, 1.807) is 0 Å². The topological polar surface area (TPSA) is 119 Å². The second-order valence-corrected chi connectivity index (χ2v) is 13.3. The van der Waals surface area contributed by atoms with Crippen LogP contribution in [0.4, 0.5) is 0 Å². The Labute approximate surface area is 295 Å². The minimum absolute atomic E-state index is 0.103. The number of allylic oxidation sites excluding steroid dienone is 5. The lowest BCUT2D eigenvalue weighted by atomic mass is 10.1. The molecule has 0 saturated heterocycles. The average molecular weight is 675 g/mol. The average Bonchev–Trinajstić information content (AvgIpc) is 3.07. The lowest BCUT2D eigenvalue weighted by Gasteiger charge is -2.15. The maximum Gasteiger partial charge on any atom is 0.326 e. The fourth-order valence-corrected chi connectivity index (χ4v) is 5.62. The van der Waals surface area contributed by atoms with Crippen molar-refractivity contribution >= 4 is 17.8 Å². The number of rotatable bonds is 35. The zero-order chi connectivity index (χ0) is 35.3. The molecule has 0 aliphatic rings. The highest BCUT2D eigenvalue weighted by molar-refractivity contribution is 5.83. The molecule has 0 aliphatic carbocycles. The lowest BCUT2D eigenvalue weighted by molar-refractivity contribution is -0.147. The molecule has 0 fully saturated rings. The highest BCUT2D eigenvalue weighted by atomic mass is 16.5. The number of nitrogens with two attached hydrogens (primary N) is 1. The molecule has 2 atom stereocenters. The molecule has 1 amide bonds. The summed E-state index contributed by atoms with van der Waals surface area (Å²) in [4.78, 5) is 36.2. The number of carbonyl (C=O) groups is 3. The molecule has 7 nitrogen and oxygen atoms in total. The van der Waals surface area contributed by atoms with Crippen LogP contribution in [0.5, 0.6) is 0 Å². The van der Waals surface area contributed by atoms with Gasteiger partial charge in [-0.05, 0) is 96.1 Å². The fraction of sp³-hybridized carbons (Fsp3) is 0.780. The molecule has 0 spiro atoms. The number of hydrogen-bond acceptors (Lipinski definition) is 5. The van der Waals surface area contributed by atoms with Gasteiger partial charge in [0.1, 0.15) is 12.1 Å². The number of aliphatic carboxylic acids is 1. The number of carboxylic acids is 1. The van der Waals surface area contributed by atoms with E-state index in [0.29, 0.717) is 38.6 Å². The highest BCUT2D eigenvalue weighted by Crippen LogP contribution is 2.15. The summed E-state index contributed by atoms with van der Waals surface area (Å²) in [6, 6.07) is -0.871. The second kappa shape index (κ2) is 35.9. The van der Waals surface area contributed by atoms with E-state index < -0.39 is 12.0 Å². The second-order valence-electron chi connectivity index (χ2n) is 13.3. The molecule has 0 radical (unpaired) electrons. The number of carboxylic acid groups (broad SMARTS) is 1. The zero-order valence-electron chi connectivity index (χ0n) is 31.1. The first kappa shape index (κ1) is 45.6. The van der Waals surface area contributed by atoms with Crippen molar-refractivity contribution in [3.8, 4) is 0 Å². The Bertz CT molecular complexity index is 854. The minimum Gasteiger partial charge on any atom is -0.480 e. The smallest absolute Gasteiger partial charge is 0.326 e. The molecule has 0 heterocycles. The van der Waals surface area contributed by atoms with Crippen LogP contribution in [0.1, 0.15) is 187 Å². The van der Waals surface area contributed by atoms with Crippen molar-refractivity contribution in [3.63, 3.8) is 0 Å². The Hall–Kier alpha value is -2.41. The van der Waals surface area contributed by atoms with Gasteiger partial charge in [-0.3, -0.25) is 9.59 Å².